The number of aryl methyl sites for hydroxylation is 8. The van der Waals surface area contributed by atoms with Gasteiger partial charge in [-0.2, -0.15) is 15.8 Å². The molecule has 24 nitrogen and oxygen atoms in total. The molecule has 0 aliphatic carbocycles. The standard InChI is InChI=1S/2C17H13N4.4C16H11N4.6CH3.3Os/c1-11-6-4-5-7-13(11)14-10-19-15(8-12(14)2)16-9-17(18-3)21-20-16;1-11-5-3-4-6-14(11)15-10-19-16(7-12(15)2)17-8-13(9-18)20-21-17;2*1-11-8-13(12-6-4-3-5-7-12)10-18-16(11)14-9-15(17-2)20-19-14;2*1-11-7-13(12-5-3-2-4-6-12)10-18-16(11)15-8-14(9-17)19-20-15;;;;;;;;;/h4-10H,1-2H3;3-8,10H,1-2H3;2*3-10H,1H3;2*2-8,10H,1H3;6*1H3;;;/q12*-1;3*+4. The summed E-state index contributed by atoms with van der Waals surface area (Å²) >= 11 is 0. The van der Waals surface area contributed by atoms with Crippen LogP contribution < -0.4 is 30.6 Å². The first-order chi connectivity index (χ1) is 59.5. The molecular weight excluding hydrogens is 2160 g/mol. The first kappa shape index (κ1) is 108. The molecule has 0 spiro atoms. The normalized spacial score (nSPS) is 9.54. The summed E-state index contributed by atoms with van der Waals surface area (Å²) in [5.74, 6) is 0.897. The fourth-order valence-corrected chi connectivity index (χ4v) is 13.0. The summed E-state index contributed by atoms with van der Waals surface area (Å²) in [4.78, 5) is 36.6. The predicted molar refractivity (Wildman–Crippen MR) is 507 cm³/mol. The molecule has 12 heterocycles. The van der Waals surface area contributed by atoms with Gasteiger partial charge in [-0.25, -0.2) is 15.3 Å². The maximum Gasteiger partial charge on any atom is 4.00 e. The average Bonchev–Trinajstić information content (AvgIpc) is 1.42. The summed E-state index contributed by atoms with van der Waals surface area (Å²) in [7, 11) is 0. The maximum absolute atomic E-state index is 8.80. The van der Waals surface area contributed by atoms with E-state index in [0.29, 0.717) is 68.7 Å². The minimum atomic E-state index is 0. The summed E-state index contributed by atoms with van der Waals surface area (Å²) in [6.45, 7) is 37.0. The second-order valence-corrected chi connectivity index (χ2v) is 27.7. The van der Waals surface area contributed by atoms with Crippen LogP contribution in [0.1, 0.15) is 61.6 Å². The van der Waals surface area contributed by atoms with Crippen molar-refractivity contribution >= 4 is 17.5 Å². The SMILES string of the molecule is Cc1cc(-c2ccccc2)cnc1-c1cc(C#N)n[n-]1.Cc1cc(-c2ccccc2)cnc1-c1cc(C#N)n[n-]1.Cc1ccccc1-c1cnc(-c2cc(C#N)n[n-]2)cc1C.[C-]#[N+]c1cc(-c2cc(C)c(-c3ccccc3C)cn2)[n-]n1.[C-]#[N+]c1cc(-c2ncc(-c3ccccc3)cc2C)[n-]n1.[C-]#[N+]c1cc(-c2ncc(-c3ccccc3)cc2C)[n-]n1.[CH3-].[CH3-].[CH3-].[CH3-].[CH3-].[CH3-].[Os+4].[Os+4].[Os+4]. The van der Waals surface area contributed by atoms with Crippen LogP contribution in [0.15, 0.2) is 280 Å². The zero-order valence-corrected chi connectivity index (χ0v) is 82.0. The molecule has 131 heavy (non-hydrogen) atoms. The Labute approximate surface area is 806 Å². The number of nitriles is 3. The Morgan fingerprint density at radius 1 is 0.237 bits per heavy atom. The van der Waals surface area contributed by atoms with Crippen molar-refractivity contribution < 1.29 is 59.4 Å². The van der Waals surface area contributed by atoms with E-state index in [1.54, 1.807) is 36.4 Å². The molecule has 0 saturated carbocycles. The molecule has 648 valence electrons. The molecule has 0 aliphatic rings. The number of benzene rings is 6. The van der Waals surface area contributed by atoms with E-state index in [1.165, 1.54) is 22.3 Å². The molecule has 0 atom stereocenters. The van der Waals surface area contributed by atoms with Gasteiger partial charge in [-0.3, -0.25) is 29.9 Å². The zero-order valence-electron chi connectivity index (χ0n) is 74.4. The number of pyridine rings is 6. The molecule has 18 rings (SSSR count). The van der Waals surface area contributed by atoms with E-state index in [4.69, 9.17) is 35.5 Å². The summed E-state index contributed by atoms with van der Waals surface area (Å²) in [5.41, 5.74) is 31.4. The zero-order chi connectivity index (χ0) is 85.4. The second kappa shape index (κ2) is 51.8. The number of aromatic nitrogens is 18. The molecule has 18 aromatic rings. The van der Waals surface area contributed by atoms with Crippen molar-refractivity contribution in [3.05, 3.63) is 420 Å². The molecule has 0 aliphatic heterocycles. The van der Waals surface area contributed by atoms with Crippen LogP contribution in [0.4, 0.5) is 17.5 Å². The smallest absolute Gasteiger partial charge is 0.573 e. The molecule has 27 heteroatoms. The average molecular weight is 2240 g/mol. The first-order valence-corrected chi connectivity index (χ1v) is 38.0. The van der Waals surface area contributed by atoms with Crippen molar-refractivity contribution in [2.75, 3.05) is 0 Å². The van der Waals surface area contributed by atoms with Gasteiger partial charge in [0.1, 0.15) is 35.3 Å². The second-order valence-electron chi connectivity index (χ2n) is 27.7. The minimum absolute atomic E-state index is 0. The molecule has 0 N–H and O–H groups in total. The summed E-state index contributed by atoms with van der Waals surface area (Å²) in [6.07, 6.45) is 11.0. The van der Waals surface area contributed by atoms with E-state index in [0.717, 1.165) is 123 Å². The predicted octanol–water partition coefficient (Wildman–Crippen LogP) is 23.0. The Balaban J connectivity index is 0.000000325. The van der Waals surface area contributed by atoms with Gasteiger partial charge in [0.2, 0.25) is 0 Å². The summed E-state index contributed by atoms with van der Waals surface area (Å²) < 4.78 is 0. The maximum atomic E-state index is 8.80. The first-order valence-electron chi connectivity index (χ1n) is 38.0. The third-order valence-electron chi connectivity index (χ3n) is 19.2. The molecule has 0 fully saturated rings. The Morgan fingerprint density at radius 2 is 0.473 bits per heavy atom. The van der Waals surface area contributed by atoms with E-state index in [1.807, 2.05) is 217 Å². The van der Waals surface area contributed by atoms with Crippen LogP contribution >= 0.6 is 0 Å². The molecule has 0 saturated heterocycles. The largest absolute Gasteiger partial charge is 4.00 e. The Bertz CT molecular complexity index is 6300. The van der Waals surface area contributed by atoms with E-state index in [9.17, 15) is 0 Å². The quantitative estimate of drug-likeness (QED) is 0.103. The number of nitrogens with zero attached hydrogens (tertiary/aromatic N) is 24. The van der Waals surface area contributed by atoms with Gasteiger partial charge in [0.15, 0.2) is 0 Å². The van der Waals surface area contributed by atoms with Crippen LogP contribution in [0.2, 0.25) is 0 Å². The monoisotopic (exact) mass is 2250 g/mol. The minimum Gasteiger partial charge on any atom is -0.573 e. The van der Waals surface area contributed by atoms with Gasteiger partial charge in [0, 0.05) is 81.9 Å². The van der Waals surface area contributed by atoms with Crippen LogP contribution in [0.3, 0.4) is 0 Å². The van der Waals surface area contributed by atoms with Gasteiger partial charge < -0.3 is 105 Å². The third kappa shape index (κ3) is 27.2. The van der Waals surface area contributed by atoms with Crippen molar-refractivity contribution in [3.8, 4) is 153 Å². The Kier molecular flexibility index (Phi) is 42.6. The van der Waals surface area contributed by atoms with Gasteiger partial charge in [0.25, 0.3) is 17.5 Å². The van der Waals surface area contributed by atoms with Crippen molar-refractivity contribution in [1.82, 2.24) is 91.1 Å². The van der Waals surface area contributed by atoms with Gasteiger partial charge >= 0.3 is 59.4 Å². The van der Waals surface area contributed by atoms with Crippen molar-refractivity contribution in [1.29, 1.82) is 15.8 Å². The number of hydrogen-bond acceptors (Lipinski definition) is 15. The van der Waals surface area contributed by atoms with Gasteiger partial charge in [-0.1, -0.05) is 224 Å². The van der Waals surface area contributed by atoms with Gasteiger partial charge in [0.05, 0.1) is 22.8 Å². The van der Waals surface area contributed by atoms with Crippen LogP contribution in [-0.4, -0.2) is 60.5 Å². The third-order valence-corrected chi connectivity index (χ3v) is 19.2. The van der Waals surface area contributed by atoms with Crippen molar-refractivity contribution in [2.24, 2.45) is 0 Å². The fourth-order valence-electron chi connectivity index (χ4n) is 13.0. The van der Waals surface area contributed by atoms with Crippen LogP contribution in [0.25, 0.3) is 150 Å². The fraction of sp³-hybridized carbons (Fsp3) is 0.0769. The van der Waals surface area contributed by atoms with E-state index in [2.05, 4.69) is 206 Å². The van der Waals surface area contributed by atoms with E-state index >= 15 is 0 Å². The van der Waals surface area contributed by atoms with E-state index in [-0.39, 0.29) is 104 Å². The molecule has 12 aromatic heterocycles. The Morgan fingerprint density at radius 3 is 0.725 bits per heavy atom. The summed E-state index contributed by atoms with van der Waals surface area (Å²) in [6, 6.07) is 84.9. The summed E-state index contributed by atoms with van der Waals surface area (Å²) in [5, 5.41) is 73.0. The van der Waals surface area contributed by atoms with Crippen molar-refractivity contribution in [2.45, 2.75) is 55.4 Å². The molecule has 0 amide bonds. The molecule has 6 aromatic carbocycles. The topological polar surface area (TPSA) is 324 Å². The van der Waals surface area contributed by atoms with Gasteiger partial charge in [-0.15, -0.1) is 0 Å². The molecule has 0 bridgehead atoms. The number of hydrogen-bond donors (Lipinski definition) is 0. The van der Waals surface area contributed by atoms with Crippen LogP contribution in [0.5, 0.6) is 0 Å². The molecular formula is C104H88N24Os3. The number of rotatable bonds is 12. The Hall–Kier alpha value is -15.7. The van der Waals surface area contributed by atoms with Crippen molar-refractivity contribution in [3.63, 3.8) is 0 Å². The van der Waals surface area contributed by atoms with Crippen LogP contribution in [-0.2, 0) is 59.4 Å². The van der Waals surface area contributed by atoms with Gasteiger partial charge in [-0.05, 0) is 206 Å². The van der Waals surface area contributed by atoms with Crippen LogP contribution in [0, 0.1) is 154 Å². The molecule has 0 radical (unpaired) electrons. The van der Waals surface area contributed by atoms with E-state index < -0.39 is 0 Å². The molecule has 0 unspecified atom stereocenters.